The summed E-state index contributed by atoms with van der Waals surface area (Å²) in [4.78, 5) is 38.1. The highest BCUT2D eigenvalue weighted by molar-refractivity contribution is 5.96. The lowest BCUT2D eigenvalue weighted by Gasteiger charge is -2.29. The van der Waals surface area contributed by atoms with Crippen molar-refractivity contribution in [2.24, 2.45) is 5.73 Å². The maximum absolute atomic E-state index is 12.5. The summed E-state index contributed by atoms with van der Waals surface area (Å²) in [5.74, 6) is 0.209. The van der Waals surface area contributed by atoms with Crippen LogP contribution in [0.2, 0.25) is 0 Å². The summed E-state index contributed by atoms with van der Waals surface area (Å²) in [6, 6.07) is 6.10. The zero-order chi connectivity index (χ0) is 27.4. The van der Waals surface area contributed by atoms with Gasteiger partial charge in [-0.05, 0) is 64.3 Å². The van der Waals surface area contributed by atoms with Gasteiger partial charge in [0.05, 0.1) is 18.9 Å². The van der Waals surface area contributed by atoms with Gasteiger partial charge in [-0.1, -0.05) is 6.92 Å². The van der Waals surface area contributed by atoms with Gasteiger partial charge in [0.25, 0.3) is 5.91 Å². The molecule has 0 aliphatic carbocycles. The summed E-state index contributed by atoms with van der Waals surface area (Å²) in [7, 11) is 0. The Morgan fingerprint density at radius 3 is 2.53 bits per heavy atom. The van der Waals surface area contributed by atoms with Gasteiger partial charge in [-0.2, -0.15) is 0 Å². The summed E-state index contributed by atoms with van der Waals surface area (Å²) in [5.41, 5.74) is 8.80. The van der Waals surface area contributed by atoms with Crippen LogP contribution in [-0.4, -0.2) is 77.9 Å². The van der Waals surface area contributed by atoms with Crippen molar-refractivity contribution in [1.29, 1.82) is 0 Å². The third-order valence-corrected chi connectivity index (χ3v) is 6.56. The number of anilines is 4. The molecule has 1 atom stereocenters. The van der Waals surface area contributed by atoms with Gasteiger partial charge in [0.2, 0.25) is 0 Å². The summed E-state index contributed by atoms with van der Waals surface area (Å²) in [5, 5.41) is 6.71. The van der Waals surface area contributed by atoms with Crippen LogP contribution in [0, 0.1) is 6.92 Å². The largest absolute Gasteiger partial charge is 0.444 e. The molecule has 2 fully saturated rings. The van der Waals surface area contributed by atoms with Gasteiger partial charge in [-0.15, -0.1) is 0 Å². The Hall–Kier alpha value is -3.60. The van der Waals surface area contributed by atoms with Gasteiger partial charge in [0.1, 0.15) is 5.60 Å². The molecule has 38 heavy (non-hydrogen) atoms. The van der Waals surface area contributed by atoms with E-state index in [1.54, 1.807) is 4.90 Å². The second-order valence-corrected chi connectivity index (χ2v) is 10.7. The van der Waals surface area contributed by atoms with E-state index in [0.717, 1.165) is 36.4 Å². The average Bonchev–Trinajstić information content (AvgIpc) is 3.33. The molecule has 0 unspecified atom stereocenters. The monoisotopic (exact) mass is 525 g/mol. The van der Waals surface area contributed by atoms with Crippen LogP contribution in [0.4, 0.5) is 27.8 Å². The summed E-state index contributed by atoms with van der Waals surface area (Å²) >= 11 is 0. The first-order valence-electron chi connectivity index (χ1n) is 13.2. The normalized spacial score (nSPS) is 17.9. The van der Waals surface area contributed by atoms with Crippen molar-refractivity contribution in [2.75, 3.05) is 54.9 Å². The minimum absolute atomic E-state index is 0.0241. The number of amides is 2. The molecule has 11 heteroatoms. The summed E-state index contributed by atoms with van der Waals surface area (Å²) in [6.07, 6.45) is 0.976. The van der Waals surface area contributed by atoms with Crippen LogP contribution in [0.1, 0.15) is 55.9 Å². The molecule has 2 amide bonds. The molecular formula is C27H39N7O4. The summed E-state index contributed by atoms with van der Waals surface area (Å²) in [6.45, 7) is 13.7. The minimum Gasteiger partial charge on any atom is -0.444 e. The Balaban J connectivity index is 1.54. The van der Waals surface area contributed by atoms with Crippen LogP contribution in [0.3, 0.4) is 0 Å². The van der Waals surface area contributed by atoms with E-state index in [9.17, 15) is 9.59 Å². The van der Waals surface area contributed by atoms with E-state index >= 15 is 0 Å². The predicted octanol–water partition coefficient (Wildman–Crippen LogP) is 3.45. The van der Waals surface area contributed by atoms with Gasteiger partial charge in [-0.25, -0.2) is 14.8 Å². The number of hydrogen-bond acceptors (Lipinski definition) is 9. The van der Waals surface area contributed by atoms with E-state index in [2.05, 4.69) is 26.6 Å². The fraction of sp³-hybridized carbons (Fsp3) is 0.556. The van der Waals surface area contributed by atoms with E-state index in [1.165, 1.54) is 0 Å². The first-order chi connectivity index (χ1) is 18.0. The van der Waals surface area contributed by atoms with Crippen LogP contribution < -0.4 is 21.3 Å². The number of primary amides is 1. The number of ether oxygens (including phenoxy) is 2. The average molecular weight is 526 g/mol. The van der Waals surface area contributed by atoms with Crippen LogP contribution >= 0.6 is 0 Å². The lowest BCUT2D eigenvalue weighted by Crippen LogP contribution is -2.36. The van der Waals surface area contributed by atoms with Crippen LogP contribution in [-0.2, 0) is 15.9 Å². The smallest absolute Gasteiger partial charge is 0.410 e. The lowest BCUT2D eigenvalue weighted by atomic mass is 10.1. The van der Waals surface area contributed by atoms with Crippen molar-refractivity contribution in [3.63, 3.8) is 0 Å². The van der Waals surface area contributed by atoms with Gasteiger partial charge < -0.3 is 35.6 Å². The van der Waals surface area contributed by atoms with Gasteiger partial charge in [0.15, 0.2) is 17.3 Å². The number of hydrogen-bond donors (Lipinski definition) is 3. The van der Waals surface area contributed by atoms with E-state index in [0.29, 0.717) is 50.1 Å². The zero-order valence-corrected chi connectivity index (χ0v) is 23.0. The summed E-state index contributed by atoms with van der Waals surface area (Å²) < 4.78 is 11.0. The molecule has 1 aromatic heterocycles. The van der Waals surface area contributed by atoms with Gasteiger partial charge >= 0.3 is 6.09 Å². The maximum atomic E-state index is 12.5. The van der Waals surface area contributed by atoms with Gasteiger partial charge in [-0.3, -0.25) is 4.79 Å². The molecule has 1 aromatic carbocycles. The standard InChI is InChI=1S/C27H39N7O4/c1-6-20-24(29-18-9-10-34(16-18)26(36)38-27(3,4)5)32-25(22(30-20)23(28)35)31-21-8-7-19(15-17(21)2)33-11-13-37-14-12-33/h7-8,15,18H,6,9-14,16H2,1-5H3,(H2,28,35)(H2,29,31,32)/t18-/m1/s1. The zero-order valence-electron chi connectivity index (χ0n) is 23.0. The highest BCUT2D eigenvalue weighted by Crippen LogP contribution is 2.29. The second-order valence-electron chi connectivity index (χ2n) is 10.7. The molecule has 0 spiro atoms. The number of aryl methyl sites for hydroxylation is 2. The molecule has 0 radical (unpaired) electrons. The van der Waals surface area contributed by atoms with E-state index < -0.39 is 11.5 Å². The van der Waals surface area contributed by atoms with E-state index in [-0.39, 0.29) is 17.8 Å². The second kappa shape index (κ2) is 11.4. The fourth-order valence-electron chi connectivity index (χ4n) is 4.59. The number of benzene rings is 1. The first kappa shape index (κ1) is 27.4. The highest BCUT2D eigenvalue weighted by atomic mass is 16.6. The highest BCUT2D eigenvalue weighted by Gasteiger charge is 2.31. The molecule has 3 heterocycles. The van der Waals surface area contributed by atoms with E-state index in [4.69, 9.17) is 20.2 Å². The lowest BCUT2D eigenvalue weighted by molar-refractivity contribution is 0.0293. The van der Waals surface area contributed by atoms with Crippen molar-refractivity contribution in [3.05, 3.63) is 35.2 Å². The van der Waals surface area contributed by atoms with Crippen molar-refractivity contribution >= 4 is 35.0 Å². The number of morpholine rings is 1. The molecule has 2 aliphatic heterocycles. The predicted molar refractivity (Wildman–Crippen MR) is 147 cm³/mol. The Labute approximate surface area is 224 Å². The first-order valence-corrected chi connectivity index (χ1v) is 13.2. The number of nitrogens with zero attached hydrogens (tertiary/aromatic N) is 4. The number of aromatic nitrogens is 2. The topological polar surface area (TPSA) is 135 Å². The minimum atomic E-state index is -0.652. The molecule has 2 saturated heterocycles. The Kier molecular flexibility index (Phi) is 8.25. The number of carbonyl (C=O) groups is 2. The van der Waals surface area contributed by atoms with Crippen molar-refractivity contribution < 1.29 is 19.1 Å². The third kappa shape index (κ3) is 6.63. The molecule has 11 nitrogen and oxygen atoms in total. The molecule has 0 saturated carbocycles. The Bertz CT molecular complexity index is 1170. The van der Waals surface area contributed by atoms with Crippen LogP contribution in [0.25, 0.3) is 0 Å². The SMILES string of the molecule is CCc1nc(C(N)=O)c(Nc2ccc(N3CCOCC3)cc2C)nc1N[C@@H]1CCN(C(=O)OC(C)(C)C)C1. The molecule has 206 valence electrons. The quantitative estimate of drug-likeness (QED) is 0.497. The molecule has 2 aliphatic rings. The number of nitrogens with one attached hydrogen (secondary N) is 2. The fourth-order valence-corrected chi connectivity index (χ4v) is 4.59. The number of nitrogens with two attached hydrogens (primary N) is 1. The molecule has 0 bridgehead atoms. The van der Waals surface area contributed by atoms with Crippen LogP contribution in [0.5, 0.6) is 0 Å². The van der Waals surface area contributed by atoms with E-state index in [1.807, 2.05) is 46.8 Å². The van der Waals surface area contributed by atoms with Crippen molar-refractivity contribution in [2.45, 2.75) is 59.1 Å². The Morgan fingerprint density at radius 1 is 1.16 bits per heavy atom. The maximum Gasteiger partial charge on any atom is 0.410 e. The number of carbonyl (C=O) groups excluding carboxylic acids is 2. The number of likely N-dealkylation sites (tertiary alicyclic amines) is 1. The third-order valence-electron chi connectivity index (χ3n) is 6.56. The molecular weight excluding hydrogens is 486 g/mol. The Morgan fingerprint density at radius 2 is 1.89 bits per heavy atom. The number of rotatable bonds is 7. The van der Waals surface area contributed by atoms with Crippen molar-refractivity contribution in [3.8, 4) is 0 Å². The molecule has 4 rings (SSSR count). The molecule has 4 N–H and O–H groups in total. The molecule has 2 aromatic rings. The van der Waals surface area contributed by atoms with Crippen molar-refractivity contribution in [1.82, 2.24) is 14.9 Å². The van der Waals surface area contributed by atoms with Gasteiger partial charge in [0, 0.05) is 43.6 Å². The van der Waals surface area contributed by atoms with Crippen LogP contribution in [0.15, 0.2) is 18.2 Å².